The topological polar surface area (TPSA) is 63.6 Å². The van der Waals surface area contributed by atoms with Crippen molar-refractivity contribution in [1.29, 1.82) is 0 Å². The highest BCUT2D eigenvalue weighted by atomic mass is 16.5. The lowest BCUT2D eigenvalue weighted by Crippen LogP contribution is -2.37. The van der Waals surface area contributed by atoms with E-state index >= 15 is 0 Å². The Morgan fingerprint density at radius 3 is 2.38 bits per heavy atom. The summed E-state index contributed by atoms with van der Waals surface area (Å²) in [5, 5.41) is 9.53. The Kier molecular flexibility index (Phi) is 2.76. The monoisotopic (exact) mass is 290 g/mol. The molecule has 4 aliphatic rings. The summed E-state index contributed by atoms with van der Waals surface area (Å²) >= 11 is 0. The van der Waals surface area contributed by atoms with Crippen molar-refractivity contribution in [3.05, 3.63) is 12.2 Å². The van der Waals surface area contributed by atoms with Crippen molar-refractivity contribution >= 4 is 11.9 Å². The average molecular weight is 290 g/mol. The van der Waals surface area contributed by atoms with Gasteiger partial charge in [0, 0.05) is 5.57 Å². The minimum Gasteiger partial charge on any atom is -0.481 e. The van der Waals surface area contributed by atoms with Gasteiger partial charge in [0.25, 0.3) is 0 Å². The van der Waals surface area contributed by atoms with Gasteiger partial charge in [-0.05, 0) is 68.1 Å². The Morgan fingerprint density at radius 1 is 1.10 bits per heavy atom. The van der Waals surface area contributed by atoms with Crippen molar-refractivity contribution in [1.82, 2.24) is 0 Å². The molecule has 0 saturated heterocycles. The summed E-state index contributed by atoms with van der Waals surface area (Å²) in [4.78, 5) is 23.4. The highest BCUT2D eigenvalue weighted by Crippen LogP contribution is 2.69. The molecule has 0 heterocycles. The molecule has 114 valence electrons. The standard InChI is InChI=1S/C17H22O4/c1-7(2)17(20)21-12-6-8-5-11(12)14-10-4-3-9(13(8)14)15(10)16(18)19/h8-15H,1,3-6H2,2H3,(H,18,19). The summed E-state index contributed by atoms with van der Waals surface area (Å²) in [5.41, 5.74) is 0.450. The van der Waals surface area contributed by atoms with E-state index in [0.29, 0.717) is 41.1 Å². The summed E-state index contributed by atoms with van der Waals surface area (Å²) in [6, 6.07) is 0. The molecule has 4 bridgehead atoms. The Hall–Kier alpha value is -1.32. The molecule has 0 aromatic heterocycles. The van der Waals surface area contributed by atoms with Gasteiger partial charge >= 0.3 is 11.9 Å². The summed E-state index contributed by atoms with van der Waals surface area (Å²) in [6.45, 7) is 5.32. The Bertz CT molecular complexity index is 525. The second-order valence-corrected chi connectivity index (χ2v) is 7.54. The maximum atomic E-state index is 11.8. The van der Waals surface area contributed by atoms with E-state index in [2.05, 4.69) is 6.58 Å². The van der Waals surface area contributed by atoms with Gasteiger partial charge in [0.1, 0.15) is 6.10 Å². The Balaban J connectivity index is 1.55. The largest absolute Gasteiger partial charge is 0.481 e. The molecule has 1 N–H and O–H groups in total. The van der Waals surface area contributed by atoms with Crippen LogP contribution >= 0.6 is 0 Å². The number of carboxylic acid groups (broad SMARTS) is 1. The van der Waals surface area contributed by atoms with Crippen LogP contribution in [0.4, 0.5) is 0 Å². The van der Waals surface area contributed by atoms with Crippen LogP contribution in [0.5, 0.6) is 0 Å². The predicted molar refractivity (Wildman–Crippen MR) is 75.2 cm³/mol. The molecule has 4 rings (SSSR count). The molecule has 0 aromatic carbocycles. The van der Waals surface area contributed by atoms with Crippen molar-refractivity contribution in [2.75, 3.05) is 0 Å². The molecule has 0 amide bonds. The third-order valence-corrected chi connectivity index (χ3v) is 6.71. The third-order valence-electron chi connectivity index (χ3n) is 6.71. The van der Waals surface area contributed by atoms with Crippen LogP contribution in [0.25, 0.3) is 0 Å². The zero-order valence-corrected chi connectivity index (χ0v) is 12.3. The second-order valence-electron chi connectivity index (χ2n) is 7.54. The number of esters is 1. The van der Waals surface area contributed by atoms with Gasteiger partial charge in [0.15, 0.2) is 0 Å². The van der Waals surface area contributed by atoms with Crippen LogP contribution in [0.15, 0.2) is 12.2 Å². The first-order valence-electron chi connectivity index (χ1n) is 8.08. The highest BCUT2D eigenvalue weighted by Gasteiger charge is 2.68. The number of carbonyl (C=O) groups is 2. The first-order chi connectivity index (χ1) is 9.99. The summed E-state index contributed by atoms with van der Waals surface area (Å²) in [6.07, 6.45) is 4.19. The quantitative estimate of drug-likeness (QED) is 0.493. The summed E-state index contributed by atoms with van der Waals surface area (Å²) in [7, 11) is 0. The molecule has 4 nitrogen and oxygen atoms in total. The molecular formula is C17H22O4. The molecule has 0 radical (unpaired) electrons. The van der Waals surface area contributed by atoms with Gasteiger partial charge in [-0.1, -0.05) is 6.58 Å². The number of fused-ring (bicyclic) bond motifs is 9. The third kappa shape index (κ3) is 1.68. The van der Waals surface area contributed by atoms with Crippen LogP contribution in [0.1, 0.15) is 32.6 Å². The second kappa shape index (κ2) is 4.34. The normalized spacial score (nSPS) is 49.2. The van der Waals surface area contributed by atoms with Crippen molar-refractivity contribution in [2.45, 2.75) is 38.7 Å². The van der Waals surface area contributed by atoms with Crippen LogP contribution in [-0.2, 0) is 14.3 Å². The van der Waals surface area contributed by atoms with Crippen molar-refractivity contribution in [3.8, 4) is 0 Å². The van der Waals surface area contributed by atoms with Crippen LogP contribution in [0, 0.1) is 41.4 Å². The molecule has 0 spiro atoms. The fourth-order valence-electron chi connectivity index (χ4n) is 6.29. The van der Waals surface area contributed by atoms with E-state index < -0.39 is 5.97 Å². The van der Waals surface area contributed by atoms with E-state index in [1.807, 2.05) is 0 Å². The number of carboxylic acids is 1. The number of ether oxygens (including phenoxy) is 1. The maximum absolute atomic E-state index is 11.8. The van der Waals surface area contributed by atoms with E-state index in [0.717, 1.165) is 25.7 Å². The van der Waals surface area contributed by atoms with Gasteiger partial charge in [-0.25, -0.2) is 4.79 Å². The van der Waals surface area contributed by atoms with Crippen molar-refractivity contribution in [3.63, 3.8) is 0 Å². The van der Waals surface area contributed by atoms with Crippen molar-refractivity contribution < 1.29 is 19.4 Å². The van der Waals surface area contributed by atoms with Crippen LogP contribution in [-0.4, -0.2) is 23.1 Å². The first kappa shape index (κ1) is 13.4. The van der Waals surface area contributed by atoms with E-state index in [1.54, 1.807) is 6.92 Å². The van der Waals surface area contributed by atoms with Gasteiger partial charge in [0.2, 0.25) is 0 Å². The van der Waals surface area contributed by atoms with E-state index in [9.17, 15) is 14.7 Å². The zero-order valence-electron chi connectivity index (χ0n) is 12.3. The van der Waals surface area contributed by atoms with Crippen LogP contribution in [0.3, 0.4) is 0 Å². The smallest absolute Gasteiger partial charge is 0.333 e. The highest BCUT2D eigenvalue weighted by molar-refractivity contribution is 5.87. The minimum atomic E-state index is -0.605. The summed E-state index contributed by atoms with van der Waals surface area (Å²) < 4.78 is 5.63. The number of aliphatic carboxylic acids is 1. The number of rotatable bonds is 3. The first-order valence-corrected chi connectivity index (χ1v) is 8.08. The maximum Gasteiger partial charge on any atom is 0.333 e. The van der Waals surface area contributed by atoms with E-state index in [4.69, 9.17) is 4.74 Å². The lowest BCUT2D eigenvalue weighted by Gasteiger charge is -2.38. The zero-order chi connectivity index (χ0) is 14.9. The van der Waals surface area contributed by atoms with Gasteiger partial charge < -0.3 is 9.84 Å². The number of carbonyl (C=O) groups excluding carboxylic acids is 1. The molecule has 0 aliphatic heterocycles. The molecular weight excluding hydrogens is 268 g/mol. The molecule has 8 atom stereocenters. The molecule has 4 saturated carbocycles. The lowest BCUT2D eigenvalue weighted by molar-refractivity contribution is -0.149. The fraction of sp³-hybridized carbons (Fsp3) is 0.765. The van der Waals surface area contributed by atoms with E-state index in [-0.39, 0.29) is 18.0 Å². The van der Waals surface area contributed by atoms with Crippen LogP contribution in [0.2, 0.25) is 0 Å². The average Bonchev–Trinajstić information content (AvgIpc) is 3.14. The van der Waals surface area contributed by atoms with E-state index in [1.165, 1.54) is 0 Å². The molecule has 4 heteroatoms. The number of hydrogen-bond acceptors (Lipinski definition) is 3. The Morgan fingerprint density at radius 2 is 1.76 bits per heavy atom. The SMILES string of the molecule is C=C(C)C(=O)OC1CC2CC1C1C3CCC(C3C(=O)O)C21. The molecule has 0 aromatic rings. The van der Waals surface area contributed by atoms with Crippen molar-refractivity contribution in [2.24, 2.45) is 41.4 Å². The molecule has 4 fully saturated rings. The molecule has 4 aliphatic carbocycles. The lowest BCUT2D eigenvalue weighted by atomic mass is 9.70. The summed E-state index contributed by atoms with van der Waals surface area (Å²) in [5.74, 6) is 1.68. The van der Waals surface area contributed by atoms with Crippen LogP contribution < -0.4 is 0 Å². The van der Waals surface area contributed by atoms with Gasteiger partial charge in [0.05, 0.1) is 5.92 Å². The van der Waals surface area contributed by atoms with Gasteiger partial charge in [-0.2, -0.15) is 0 Å². The predicted octanol–water partition coefficient (Wildman–Crippen LogP) is 2.49. The number of hydrogen-bond donors (Lipinski definition) is 1. The van der Waals surface area contributed by atoms with Gasteiger partial charge in [-0.3, -0.25) is 4.79 Å². The van der Waals surface area contributed by atoms with Gasteiger partial charge in [-0.15, -0.1) is 0 Å². The molecule has 21 heavy (non-hydrogen) atoms. The molecule has 8 unspecified atom stereocenters. The Labute approximate surface area is 124 Å². The fourth-order valence-corrected chi connectivity index (χ4v) is 6.29. The minimum absolute atomic E-state index is 0.00533.